The van der Waals surface area contributed by atoms with E-state index in [0.717, 1.165) is 29.8 Å². The van der Waals surface area contributed by atoms with E-state index in [0.29, 0.717) is 29.6 Å². The summed E-state index contributed by atoms with van der Waals surface area (Å²) in [7, 11) is 0. The summed E-state index contributed by atoms with van der Waals surface area (Å²) in [4.78, 5) is 23.3. The number of likely N-dealkylation sites (tertiary alicyclic amines) is 1. The van der Waals surface area contributed by atoms with Crippen molar-refractivity contribution in [3.05, 3.63) is 71.4 Å². The van der Waals surface area contributed by atoms with E-state index in [4.69, 9.17) is 17.3 Å². The first kappa shape index (κ1) is 27.9. The Morgan fingerprint density at radius 1 is 0.969 bits per heavy atom. The van der Waals surface area contributed by atoms with Crippen LogP contribution in [0, 0.1) is 0 Å². The van der Waals surface area contributed by atoms with Crippen LogP contribution >= 0.6 is 48.8 Å². The van der Waals surface area contributed by atoms with Crippen molar-refractivity contribution in [2.75, 3.05) is 18.4 Å². The normalized spacial score (nSPS) is 13.2. The first-order valence-electron chi connectivity index (χ1n) is 9.59. The largest absolute Gasteiger partial charge is 0.339 e. The summed E-state index contributed by atoms with van der Waals surface area (Å²) >= 11 is 5.95. The van der Waals surface area contributed by atoms with Gasteiger partial charge in [-0.3, -0.25) is 4.79 Å². The van der Waals surface area contributed by atoms with Gasteiger partial charge in [0.05, 0.1) is 5.69 Å². The van der Waals surface area contributed by atoms with Crippen LogP contribution in [0.2, 0.25) is 5.02 Å². The molecule has 0 unspecified atom stereocenters. The highest BCUT2D eigenvalue weighted by Gasteiger charge is 2.21. The van der Waals surface area contributed by atoms with Gasteiger partial charge in [0.25, 0.3) is 5.91 Å². The minimum absolute atomic E-state index is 0. The molecule has 0 aliphatic carbocycles. The maximum Gasteiger partial charge on any atom is 0.253 e. The van der Waals surface area contributed by atoms with Crippen molar-refractivity contribution in [3.63, 3.8) is 0 Å². The number of nitrogens with two attached hydrogens (primary N) is 1. The minimum atomic E-state index is 0. The van der Waals surface area contributed by atoms with Crippen LogP contribution in [0.1, 0.15) is 23.2 Å². The van der Waals surface area contributed by atoms with E-state index in [1.54, 1.807) is 6.20 Å². The molecule has 0 radical (unpaired) electrons. The average Bonchev–Trinajstić information content (AvgIpc) is 2.75. The fraction of sp³-hybridized carbons (Fsp3) is 0.227. The molecule has 1 amide bonds. The number of hydrogen-bond donors (Lipinski definition) is 2. The monoisotopic (exact) mass is 515 g/mol. The molecule has 32 heavy (non-hydrogen) atoms. The third-order valence-electron chi connectivity index (χ3n) is 5.01. The Balaban J connectivity index is 0.00000171. The van der Waals surface area contributed by atoms with E-state index in [9.17, 15) is 4.79 Å². The van der Waals surface area contributed by atoms with Crippen molar-refractivity contribution in [2.45, 2.75) is 18.9 Å². The Kier molecular flexibility index (Phi) is 11.2. The lowest BCUT2D eigenvalue weighted by Gasteiger charge is -2.30. The molecule has 1 aliphatic rings. The molecule has 4 rings (SSSR count). The van der Waals surface area contributed by atoms with Crippen molar-refractivity contribution < 1.29 is 4.79 Å². The van der Waals surface area contributed by atoms with E-state index >= 15 is 0 Å². The molecule has 3 aromatic rings. The molecular formula is C22H25Cl4N5O. The van der Waals surface area contributed by atoms with E-state index in [-0.39, 0.29) is 49.2 Å². The summed E-state index contributed by atoms with van der Waals surface area (Å²) in [5.41, 5.74) is 9.16. The number of piperidine rings is 1. The number of halogens is 4. The Morgan fingerprint density at radius 3 is 2.22 bits per heavy atom. The molecule has 2 heterocycles. The number of aromatic nitrogens is 2. The molecule has 0 saturated carbocycles. The van der Waals surface area contributed by atoms with Crippen molar-refractivity contribution >= 4 is 66.4 Å². The third kappa shape index (κ3) is 6.95. The van der Waals surface area contributed by atoms with Crippen LogP contribution in [-0.4, -0.2) is 39.9 Å². The molecule has 0 spiro atoms. The van der Waals surface area contributed by atoms with Crippen LogP contribution in [0.4, 0.5) is 11.6 Å². The quantitative estimate of drug-likeness (QED) is 0.487. The van der Waals surface area contributed by atoms with Crippen LogP contribution in [0.15, 0.2) is 60.8 Å². The maximum atomic E-state index is 12.6. The predicted octanol–water partition coefficient (Wildman–Crippen LogP) is 5.37. The summed E-state index contributed by atoms with van der Waals surface area (Å²) < 4.78 is 0. The van der Waals surface area contributed by atoms with E-state index < -0.39 is 0 Å². The van der Waals surface area contributed by atoms with Gasteiger partial charge < -0.3 is 16.0 Å². The first-order valence-corrected chi connectivity index (χ1v) is 9.97. The topological polar surface area (TPSA) is 84.1 Å². The van der Waals surface area contributed by atoms with Gasteiger partial charge in [0.2, 0.25) is 5.95 Å². The summed E-state index contributed by atoms with van der Waals surface area (Å²) in [5.74, 6) is 0.533. The standard InChI is InChI=1S/C22H22ClN5O.3ClH/c23-17-5-1-15(2-6-17)20-9-12-25-22(27-20)26-19-7-3-16(4-8-19)21(29)28-13-10-18(24)11-14-28;;;/h1-9,12,18H,10-11,13-14,24H2,(H,25,26,27);3*1H. The van der Waals surface area contributed by atoms with Gasteiger partial charge in [-0.1, -0.05) is 23.7 Å². The van der Waals surface area contributed by atoms with E-state index in [2.05, 4.69) is 15.3 Å². The van der Waals surface area contributed by atoms with Gasteiger partial charge in [0.15, 0.2) is 0 Å². The van der Waals surface area contributed by atoms with Crippen LogP contribution in [0.25, 0.3) is 11.3 Å². The Bertz CT molecular complexity index is 994. The van der Waals surface area contributed by atoms with E-state index in [1.165, 1.54) is 0 Å². The lowest BCUT2D eigenvalue weighted by Crippen LogP contribution is -2.42. The third-order valence-corrected chi connectivity index (χ3v) is 5.26. The van der Waals surface area contributed by atoms with Crippen molar-refractivity contribution in [2.24, 2.45) is 5.73 Å². The maximum absolute atomic E-state index is 12.6. The molecule has 10 heteroatoms. The molecule has 172 valence electrons. The van der Waals surface area contributed by atoms with Gasteiger partial charge in [0, 0.05) is 47.2 Å². The predicted molar refractivity (Wildman–Crippen MR) is 137 cm³/mol. The first-order chi connectivity index (χ1) is 14.1. The van der Waals surface area contributed by atoms with Crippen LogP contribution in [0.3, 0.4) is 0 Å². The molecule has 1 saturated heterocycles. The highest BCUT2D eigenvalue weighted by Crippen LogP contribution is 2.22. The molecule has 6 nitrogen and oxygen atoms in total. The summed E-state index contributed by atoms with van der Waals surface area (Å²) in [6.45, 7) is 1.43. The minimum Gasteiger partial charge on any atom is -0.339 e. The zero-order valence-electron chi connectivity index (χ0n) is 17.1. The average molecular weight is 517 g/mol. The summed E-state index contributed by atoms with van der Waals surface area (Å²) in [5, 5.41) is 3.87. The highest BCUT2D eigenvalue weighted by atomic mass is 35.5. The van der Waals surface area contributed by atoms with Gasteiger partial charge >= 0.3 is 0 Å². The Hall–Kier alpha value is -2.09. The van der Waals surface area contributed by atoms with Gasteiger partial charge in [-0.25, -0.2) is 9.97 Å². The number of benzene rings is 2. The second-order valence-electron chi connectivity index (χ2n) is 7.10. The number of nitrogens with one attached hydrogen (secondary N) is 1. The molecular weight excluding hydrogens is 492 g/mol. The zero-order chi connectivity index (χ0) is 20.2. The number of hydrogen-bond acceptors (Lipinski definition) is 5. The molecule has 3 N–H and O–H groups in total. The van der Waals surface area contributed by atoms with E-state index in [1.807, 2.05) is 59.5 Å². The number of amides is 1. The van der Waals surface area contributed by atoms with Crippen molar-refractivity contribution in [3.8, 4) is 11.3 Å². The SMILES string of the molecule is Cl.Cl.Cl.NC1CCN(C(=O)c2ccc(Nc3nccc(-c4ccc(Cl)cc4)n3)cc2)CC1. The summed E-state index contributed by atoms with van der Waals surface area (Å²) in [6.07, 6.45) is 3.41. The van der Waals surface area contributed by atoms with Crippen LogP contribution in [-0.2, 0) is 0 Å². The van der Waals surface area contributed by atoms with Crippen molar-refractivity contribution in [1.29, 1.82) is 0 Å². The van der Waals surface area contributed by atoms with Crippen molar-refractivity contribution in [1.82, 2.24) is 14.9 Å². The lowest BCUT2D eigenvalue weighted by atomic mass is 10.0. The van der Waals surface area contributed by atoms with Gasteiger partial charge in [-0.05, 0) is 55.3 Å². The molecule has 0 bridgehead atoms. The molecule has 1 fully saturated rings. The number of anilines is 2. The lowest BCUT2D eigenvalue weighted by molar-refractivity contribution is 0.0715. The fourth-order valence-electron chi connectivity index (χ4n) is 3.31. The smallest absolute Gasteiger partial charge is 0.253 e. The van der Waals surface area contributed by atoms with Gasteiger partial charge in [-0.2, -0.15) is 0 Å². The van der Waals surface area contributed by atoms with Crippen LogP contribution in [0.5, 0.6) is 0 Å². The second-order valence-corrected chi connectivity index (χ2v) is 7.54. The number of carbonyl (C=O) groups is 1. The number of rotatable bonds is 4. The van der Waals surface area contributed by atoms with Gasteiger partial charge in [0.1, 0.15) is 0 Å². The van der Waals surface area contributed by atoms with Crippen LogP contribution < -0.4 is 11.1 Å². The molecule has 0 atom stereocenters. The molecule has 1 aromatic heterocycles. The number of carbonyl (C=O) groups excluding carboxylic acids is 1. The zero-order valence-corrected chi connectivity index (χ0v) is 20.3. The fourth-order valence-corrected chi connectivity index (χ4v) is 3.44. The Morgan fingerprint density at radius 2 is 1.59 bits per heavy atom. The molecule has 1 aliphatic heterocycles. The highest BCUT2D eigenvalue weighted by molar-refractivity contribution is 6.30. The summed E-state index contributed by atoms with van der Waals surface area (Å²) in [6, 6.07) is 16.9. The molecule has 2 aromatic carbocycles. The Labute approximate surface area is 211 Å². The second kappa shape index (κ2) is 12.8. The van der Waals surface area contributed by atoms with Gasteiger partial charge in [-0.15, -0.1) is 37.2 Å². The number of nitrogens with zero attached hydrogens (tertiary/aromatic N) is 3.